The van der Waals surface area contributed by atoms with Crippen molar-refractivity contribution in [2.24, 2.45) is 0 Å². The summed E-state index contributed by atoms with van der Waals surface area (Å²) in [5.74, 6) is 1.44. The Hall–Kier alpha value is -1.88. The van der Waals surface area contributed by atoms with Crippen LogP contribution in [0.3, 0.4) is 0 Å². The van der Waals surface area contributed by atoms with E-state index >= 15 is 0 Å². The number of nitrogens with zero attached hydrogens (tertiary/aromatic N) is 2. The third kappa shape index (κ3) is 2.68. The summed E-state index contributed by atoms with van der Waals surface area (Å²) in [6.07, 6.45) is 0.819. The fourth-order valence-corrected chi connectivity index (χ4v) is 1.65. The molecular weight excluding hydrogens is 232 g/mol. The molecule has 96 valence electrons. The van der Waals surface area contributed by atoms with E-state index in [-0.39, 0.29) is 0 Å². The normalized spacial score (nSPS) is 12.4. The van der Waals surface area contributed by atoms with Crippen LogP contribution in [0.1, 0.15) is 31.7 Å². The Balaban J connectivity index is 2.23. The maximum absolute atomic E-state index is 9.77. The van der Waals surface area contributed by atoms with E-state index in [0.717, 1.165) is 17.7 Å². The van der Waals surface area contributed by atoms with E-state index in [1.165, 1.54) is 0 Å². The lowest BCUT2D eigenvalue weighted by molar-refractivity contribution is 0.153. The highest BCUT2D eigenvalue weighted by atomic mass is 16.5. The fourth-order valence-electron chi connectivity index (χ4n) is 1.65. The number of methoxy groups -OCH3 is 1. The Morgan fingerprint density at radius 3 is 3.00 bits per heavy atom. The first-order valence-corrected chi connectivity index (χ1v) is 5.90. The second-order valence-electron chi connectivity index (χ2n) is 3.99. The molecule has 1 aromatic carbocycles. The zero-order chi connectivity index (χ0) is 13.0. The topological polar surface area (TPSA) is 68.4 Å². The first-order valence-electron chi connectivity index (χ1n) is 5.90. The summed E-state index contributed by atoms with van der Waals surface area (Å²) in [4.78, 5) is 4.19. The first-order chi connectivity index (χ1) is 8.74. The van der Waals surface area contributed by atoms with Crippen LogP contribution < -0.4 is 4.74 Å². The molecule has 0 aliphatic heterocycles. The SMILES string of the molecule is CCCC(O)c1noc(-c2cccc(OC)c2)n1. The van der Waals surface area contributed by atoms with Crippen molar-refractivity contribution in [3.63, 3.8) is 0 Å². The minimum Gasteiger partial charge on any atom is -0.497 e. The van der Waals surface area contributed by atoms with Crippen molar-refractivity contribution in [3.8, 4) is 17.2 Å². The number of hydrogen-bond donors (Lipinski definition) is 1. The molecule has 1 aromatic heterocycles. The minimum absolute atomic E-state index is 0.328. The number of hydrogen-bond acceptors (Lipinski definition) is 5. The van der Waals surface area contributed by atoms with Gasteiger partial charge < -0.3 is 14.4 Å². The summed E-state index contributed by atoms with van der Waals surface area (Å²) < 4.78 is 10.3. The molecule has 0 amide bonds. The molecule has 0 saturated carbocycles. The van der Waals surface area contributed by atoms with Crippen molar-refractivity contribution in [2.75, 3.05) is 7.11 Å². The maximum Gasteiger partial charge on any atom is 0.258 e. The average Bonchev–Trinajstić information content (AvgIpc) is 2.89. The van der Waals surface area contributed by atoms with Gasteiger partial charge in [-0.2, -0.15) is 4.98 Å². The molecule has 1 unspecified atom stereocenters. The van der Waals surface area contributed by atoms with Crippen molar-refractivity contribution in [1.82, 2.24) is 10.1 Å². The van der Waals surface area contributed by atoms with E-state index in [2.05, 4.69) is 10.1 Å². The van der Waals surface area contributed by atoms with Crippen molar-refractivity contribution in [2.45, 2.75) is 25.9 Å². The largest absolute Gasteiger partial charge is 0.497 e. The van der Waals surface area contributed by atoms with Gasteiger partial charge in [-0.1, -0.05) is 24.6 Å². The molecule has 5 nitrogen and oxygen atoms in total. The standard InChI is InChI=1S/C13H16N2O3/c1-3-5-11(16)12-14-13(18-15-12)9-6-4-7-10(8-9)17-2/h4,6-8,11,16H,3,5H2,1-2H3. The zero-order valence-electron chi connectivity index (χ0n) is 10.5. The van der Waals surface area contributed by atoms with Crippen LogP contribution >= 0.6 is 0 Å². The van der Waals surface area contributed by atoms with Gasteiger partial charge in [0, 0.05) is 5.56 Å². The molecule has 2 rings (SSSR count). The molecule has 0 aliphatic carbocycles. The quantitative estimate of drug-likeness (QED) is 0.880. The molecule has 1 heterocycles. The van der Waals surface area contributed by atoms with Gasteiger partial charge in [-0.3, -0.25) is 0 Å². The van der Waals surface area contributed by atoms with Crippen molar-refractivity contribution < 1.29 is 14.4 Å². The summed E-state index contributed by atoms with van der Waals surface area (Å²) >= 11 is 0. The van der Waals surface area contributed by atoms with Gasteiger partial charge in [0.05, 0.1) is 7.11 Å². The summed E-state index contributed by atoms with van der Waals surface area (Å²) in [6.45, 7) is 1.99. The molecule has 0 bridgehead atoms. The van der Waals surface area contributed by atoms with E-state index < -0.39 is 6.10 Å². The molecule has 5 heteroatoms. The number of aliphatic hydroxyl groups excluding tert-OH is 1. The number of benzene rings is 1. The predicted octanol–water partition coefficient (Wildman–Crippen LogP) is 2.58. The second kappa shape index (κ2) is 5.64. The molecule has 2 aromatic rings. The number of ether oxygens (including phenoxy) is 1. The number of aromatic nitrogens is 2. The van der Waals surface area contributed by atoms with Crippen LogP contribution in [-0.4, -0.2) is 22.4 Å². The smallest absolute Gasteiger partial charge is 0.258 e. The fraction of sp³-hybridized carbons (Fsp3) is 0.385. The predicted molar refractivity (Wildman–Crippen MR) is 66.2 cm³/mol. The minimum atomic E-state index is -0.668. The van der Waals surface area contributed by atoms with E-state index in [4.69, 9.17) is 9.26 Å². The average molecular weight is 248 g/mol. The van der Waals surface area contributed by atoms with Crippen molar-refractivity contribution in [1.29, 1.82) is 0 Å². The van der Waals surface area contributed by atoms with Crippen LogP contribution in [0.4, 0.5) is 0 Å². The first kappa shape index (κ1) is 12.6. The summed E-state index contributed by atoms with van der Waals surface area (Å²) in [5, 5.41) is 13.6. The van der Waals surface area contributed by atoms with Crippen LogP contribution in [-0.2, 0) is 0 Å². The van der Waals surface area contributed by atoms with Gasteiger partial charge in [-0.25, -0.2) is 0 Å². The van der Waals surface area contributed by atoms with Gasteiger partial charge in [-0.15, -0.1) is 0 Å². The van der Waals surface area contributed by atoms with Gasteiger partial charge in [0.25, 0.3) is 5.89 Å². The monoisotopic (exact) mass is 248 g/mol. The molecule has 0 radical (unpaired) electrons. The van der Waals surface area contributed by atoms with Crippen LogP contribution in [0.15, 0.2) is 28.8 Å². The van der Waals surface area contributed by atoms with E-state index in [1.54, 1.807) is 7.11 Å². The van der Waals surface area contributed by atoms with Crippen molar-refractivity contribution in [3.05, 3.63) is 30.1 Å². The lowest BCUT2D eigenvalue weighted by atomic mass is 10.2. The maximum atomic E-state index is 9.77. The zero-order valence-corrected chi connectivity index (χ0v) is 10.5. The molecular formula is C13H16N2O3. The van der Waals surface area contributed by atoms with Gasteiger partial charge in [-0.05, 0) is 24.6 Å². The molecule has 18 heavy (non-hydrogen) atoms. The molecule has 1 atom stereocenters. The van der Waals surface area contributed by atoms with E-state index in [9.17, 15) is 5.11 Å². The van der Waals surface area contributed by atoms with E-state index in [1.807, 2.05) is 31.2 Å². The van der Waals surface area contributed by atoms with E-state index in [0.29, 0.717) is 18.1 Å². The Bertz CT molecular complexity index is 510. The van der Waals surface area contributed by atoms with Gasteiger partial charge in [0.2, 0.25) is 5.82 Å². The molecule has 1 N–H and O–H groups in total. The Kier molecular flexibility index (Phi) is 3.94. The van der Waals surface area contributed by atoms with Crippen molar-refractivity contribution >= 4 is 0 Å². The Morgan fingerprint density at radius 2 is 2.28 bits per heavy atom. The highest BCUT2D eigenvalue weighted by molar-refractivity contribution is 5.55. The van der Waals surface area contributed by atoms with Gasteiger partial charge in [0.1, 0.15) is 11.9 Å². The summed E-state index contributed by atoms with van der Waals surface area (Å²) in [7, 11) is 1.60. The van der Waals surface area contributed by atoms with Crippen LogP contribution in [0, 0.1) is 0 Å². The summed E-state index contributed by atoms with van der Waals surface area (Å²) in [5.41, 5.74) is 0.775. The molecule has 0 aliphatic rings. The van der Waals surface area contributed by atoms with Crippen LogP contribution in [0.5, 0.6) is 5.75 Å². The Morgan fingerprint density at radius 1 is 1.44 bits per heavy atom. The third-order valence-electron chi connectivity index (χ3n) is 2.62. The molecule has 0 spiro atoms. The highest BCUT2D eigenvalue weighted by Crippen LogP contribution is 2.24. The Labute approximate surface area is 105 Å². The second-order valence-corrected chi connectivity index (χ2v) is 3.99. The molecule has 0 fully saturated rings. The number of rotatable bonds is 5. The van der Waals surface area contributed by atoms with Gasteiger partial charge in [0.15, 0.2) is 0 Å². The summed E-state index contributed by atoms with van der Waals surface area (Å²) in [6, 6.07) is 7.35. The molecule has 0 saturated heterocycles. The van der Waals surface area contributed by atoms with Gasteiger partial charge >= 0.3 is 0 Å². The van der Waals surface area contributed by atoms with Crippen LogP contribution in [0.25, 0.3) is 11.5 Å². The number of aliphatic hydroxyl groups is 1. The lowest BCUT2D eigenvalue weighted by Gasteiger charge is -2.01. The third-order valence-corrected chi connectivity index (χ3v) is 2.62. The highest BCUT2D eigenvalue weighted by Gasteiger charge is 2.15. The lowest BCUT2D eigenvalue weighted by Crippen LogP contribution is -1.98. The van der Waals surface area contributed by atoms with Crippen LogP contribution in [0.2, 0.25) is 0 Å².